The number of alkyl halides is 1. The van der Waals surface area contributed by atoms with Gasteiger partial charge in [-0.3, -0.25) is 0 Å². The third-order valence-corrected chi connectivity index (χ3v) is 2.22. The topological polar surface area (TPSA) is 46.5 Å². The van der Waals surface area contributed by atoms with Crippen LogP contribution in [-0.4, -0.2) is 11.3 Å². The molecular formula is C12H15FO3. The van der Waals surface area contributed by atoms with Crippen molar-refractivity contribution in [3.05, 3.63) is 35.4 Å². The molecule has 1 aromatic rings. The van der Waals surface area contributed by atoms with Crippen LogP contribution in [0.4, 0.5) is 9.18 Å². The lowest BCUT2D eigenvalue weighted by Gasteiger charge is -2.23. The molecule has 0 radical (unpaired) electrons. The molecule has 0 aliphatic heterocycles. The van der Waals surface area contributed by atoms with Crippen molar-refractivity contribution in [2.24, 2.45) is 0 Å². The first-order valence-electron chi connectivity index (χ1n) is 4.95. The quantitative estimate of drug-likeness (QED) is 0.783. The lowest BCUT2D eigenvalue weighted by molar-refractivity contribution is -0.0172. The first kappa shape index (κ1) is 12.5. The predicted molar refractivity (Wildman–Crippen MR) is 58.1 cm³/mol. The molecule has 0 saturated carbocycles. The molecule has 1 unspecified atom stereocenters. The molecule has 4 heteroatoms. The molecule has 0 bridgehead atoms. The fourth-order valence-corrected chi connectivity index (χ4v) is 1.53. The van der Waals surface area contributed by atoms with Gasteiger partial charge in [-0.2, -0.15) is 4.39 Å². The molecule has 16 heavy (non-hydrogen) atoms. The zero-order valence-corrected chi connectivity index (χ0v) is 9.53. The molecule has 3 nitrogen and oxygen atoms in total. The minimum atomic E-state index is -1.94. The van der Waals surface area contributed by atoms with Gasteiger partial charge in [0, 0.05) is 5.56 Å². The Hall–Kier alpha value is -1.58. The summed E-state index contributed by atoms with van der Waals surface area (Å²) in [5, 5.41) is 8.38. The van der Waals surface area contributed by atoms with Crippen LogP contribution in [0.2, 0.25) is 0 Å². The Morgan fingerprint density at radius 2 is 1.94 bits per heavy atom. The second-order valence-electron chi connectivity index (χ2n) is 4.54. The summed E-state index contributed by atoms with van der Waals surface area (Å²) in [5.41, 5.74) is 0.740. The molecule has 1 atom stereocenters. The summed E-state index contributed by atoms with van der Waals surface area (Å²) in [4.78, 5) is 10.3. The van der Waals surface area contributed by atoms with Gasteiger partial charge >= 0.3 is 6.16 Å². The highest BCUT2D eigenvalue weighted by molar-refractivity contribution is 5.57. The van der Waals surface area contributed by atoms with Gasteiger partial charge in [-0.1, -0.05) is 45.0 Å². The van der Waals surface area contributed by atoms with Crippen LogP contribution in [0.3, 0.4) is 0 Å². The van der Waals surface area contributed by atoms with Crippen molar-refractivity contribution >= 4 is 6.16 Å². The van der Waals surface area contributed by atoms with E-state index in [0.29, 0.717) is 0 Å². The predicted octanol–water partition coefficient (Wildman–Crippen LogP) is 3.65. The van der Waals surface area contributed by atoms with Crippen LogP contribution < -0.4 is 0 Å². The third-order valence-electron chi connectivity index (χ3n) is 2.22. The summed E-state index contributed by atoms with van der Waals surface area (Å²) in [6.45, 7) is 5.79. The molecule has 0 fully saturated rings. The normalized spacial score (nSPS) is 13.2. The maximum atomic E-state index is 13.6. The van der Waals surface area contributed by atoms with Crippen LogP contribution >= 0.6 is 0 Å². The highest BCUT2D eigenvalue weighted by atomic mass is 19.1. The SMILES string of the molecule is CC(C)(C)c1ccccc1C(F)OC(=O)O. The molecule has 0 aliphatic carbocycles. The number of ether oxygens (including phenoxy) is 1. The number of carboxylic acid groups (broad SMARTS) is 1. The van der Waals surface area contributed by atoms with Crippen molar-refractivity contribution < 1.29 is 19.0 Å². The van der Waals surface area contributed by atoms with E-state index in [1.54, 1.807) is 18.2 Å². The number of hydrogen-bond donors (Lipinski definition) is 1. The summed E-state index contributed by atoms with van der Waals surface area (Å²) in [6, 6.07) is 6.75. The lowest BCUT2D eigenvalue weighted by Crippen LogP contribution is -2.16. The van der Waals surface area contributed by atoms with Crippen LogP contribution in [0.15, 0.2) is 24.3 Å². The molecule has 0 saturated heterocycles. The van der Waals surface area contributed by atoms with E-state index in [0.717, 1.165) is 5.56 Å². The second-order valence-corrected chi connectivity index (χ2v) is 4.54. The molecule has 0 spiro atoms. The maximum Gasteiger partial charge on any atom is 0.508 e. The molecule has 0 aliphatic rings. The van der Waals surface area contributed by atoms with Crippen LogP contribution in [0.5, 0.6) is 0 Å². The fraction of sp³-hybridized carbons (Fsp3) is 0.417. The molecular weight excluding hydrogens is 211 g/mol. The van der Waals surface area contributed by atoms with Crippen LogP contribution in [0, 0.1) is 0 Å². The number of rotatable bonds is 2. The Morgan fingerprint density at radius 3 is 2.44 bits per heavy atom. The van der Waals surface area contributed by atoms with Gasteiger partial charge in [0.25, 0.3) is 6.36 Å². The van der Waals surface area contributed by atoms with Crippen LogP contribution in [0.1, 0.15) is 38.3 Å². The third kappa shape index (κ3) is 2.95. The number of halogens is 1. The highest BCUT2D eigenvalue weighted by Crippen LogP contribution is 2.31. The second kappa shape index (κ2) is 4.51. The molecule has 0 amide bonds. The monoisotopic (exact) mass is 226 g/mol. The average Bonchev–Trinajstić information content (AvgIpc) is 2.15. The molecule has 0 heterocycles. The Balaban J connectivity index is 3.08. The van der Waals surface area contributed by atoms with Crippen LogP contribution in [-0.2, 0) is 10.2 Å². The minimum Gasteiger partial charge on any atom is -0.450 e. The summed E-state index contributed by atoms with van der Waals surface area (Å²) in [7, 11) is 0. The first-order valence-corrected chi connectivity index (χ1v) is 4.95. The van der Waals surface area contributed by atoms with Gasteiger partial charge in [0.1, 0.15) is 0 Å². The largest absolute Gasteiger partial charge is 0.508 e. The minimum absolute atomic E-state index is 0.261. The molecule has 1 rings (SSSR count). The van der Waals surface area contributed by atoms with Crippen molar-refractivity contribution in [3.8, 4) is 0 Å². The molecule has 88 valence electrons. The van der Waals surface area contributed by atoms with E-state index in [9.17, 15) is 9.18 Å². The van der Waals surface area contributed by atoms with Gasteiger partial charge in [0.2, 0.25) is 0 Å². The number of benzene rings is 1. The molecule has 1 aromatic carbocycles. The van der Waals surface area contributed by atoms with Gasteiger partial charge < -0.3 is 9.84 Å². The standard InChI is InChI=1S/C12H15FO3/c1-12(2,3)9-7-5-4-6-8(9)10(13)16-11(14)15/h4-7,10H,1-3H3,(H,14,15). The van der Waals surface area contributed by atoms with Gasteiger partial charge in [-0.15, -0.1) is 0 Å². The first-order chi connectivity index (χ1) is 7.32. The smallest absolute Gasteiger partial charge is 0.450 e. The zero-order chi connectivity index (χ0) is 12.3. The lowest BCUT2D eigenvalue weighted by atomic mass is 9.84. The summed E-state index contributed by atoms with van der Waals surface area (Å²) < 4.78 is 17.7. The van der Waals surface area contributed by atoms with E-state index in [2.05, 4.69) is 4.74 Å². The van der Waals surface area contributed by atoms with Gasteiger partial charge in [-0.05, 0) is 11.0 Å². The highest BCUT2D eigenvalue weighted by Gasteiger charge is 2.24. The van der Waals surface area contributed by atoms with E-state index in [4.69, 9.17) is 5.11 Å². The molecule has 1 N–H and O–H groups in total. The Morgan fingerprint density at radius 1 is 1.38 bits per heavy atom. The van der Waals surface area contributed by atoms with E-state index in [1.165, 1.54) is 6.07 Å². The number of carbonyl (C=O) groups is 1. The Kier molecular flexibility index (Phi) is 3.52. The van der Waals surface area contributed by atoms with Gasteiger partial charge in [-0.25, -0.2) is 4.79 Å². The van der Waals surface area contributed by atoms with Gasteiger partial charge in [0.15, 0.2) is 0 Å². The summed E-state index contributed by atoms with van der Waals surface area (Å²) in [6.07, 6.45) is -3.55. The van der Waals surface area contributed by atoms with Crippen molar-refractivity contribution in [2.75, 3.05) is 0 Å². The zero-order valence-electron chi connectivity index (χ0n) is 9.53. The summed E-state index contributed by atoms with van der Waals surface area (Å²) >= 11 is 0. The Labute approximate surface area is 93.9 Å². The average molecular weight is 226 g/mol. The van der Waals surface area contributed by atoms with Gasteiger partial charge in [0.05, 0.1) is 0 Å². The van der Waals surface area contributed by atoms with Crippen molar-refractivity contribution in [3.63, 3.8) is 0 Å². The van der Waals surface area contributed by atoms with E-state index >= 15 is 0 Å². The van der Waals surface area contributed by atoms with Crippen molar-refractivity contribution in [2.45, 2.75) is 32.5 Å². The summed E-state index contributed by atoms with van der Waals surface area (Å²) in [5.74, 6) is 0. The van der Waals surface area contributed by atoms with E-state index in [1.807, 2.05) is 20.8 Å². The van der Waals surface area contributed by atoms with Crippen molar-refractivity contribution in [1.29, 1.82) is 0 Å². The van der Waals surface area contributed by atoms with Crippen LogP contribution in [0.25, 0.3) is 0 Å². The maximum absolute atomic E-state index is 13.6. The van der Waals surface area contributed by atoms with E-state index in [-0.39, 0.29) is 11.0 Å². The van der Waals surface area contributed by atoms with Crippen molar-refractivity contribution in [1.82, 2.24) is 0 Å². The van der Waals surface area contributed by atoms with E-state index < -0.39 is 12.5 Å². The Bertz CT molecular complexity index is 382. The molecule has 0 aromatic heterocycles. The number of hydrogen-bond acceptors (Lipinski definition) is 2. The fourth-order valence-electron chi connectivity index (χ4n) is 1.53.